The normalized spacial score (nSPS) is 10.1. The first-order chi connectivity index (χ1) is 9.51. The van der Waals surface area contributed by atoms with Gasteiger partial charge >= 0.3 is 0 Å². The second-order valence-corrected chi connectivity index (χ2v) is 4.10. The number of pyridine rings is 1. The van der Waals surface area contributed by atoms with Crippen molar-refractivity contribution in [1.82, 2.24) is 4.98 Å². The van der Waals surface area contributed by atoms with Crippen molar-refractivity contribution in [3.63, 3.8) is 0 Å². The van der Waals surface area contributed by atoms with E-state index in [2.05, 4.69) is 4.98 Å². The Morgan fingerprint density at radius 1 is 1.30 bits per heavy atom. The van der Waals surface area contributed by atoms with Crippen molar-refractivity contribution in [2.45, 2.75) is 6.92 Å². The molecule has 0 atom stereocenters. The van der Waals surface area contributed by atoms with Crippen LogP contribution < -0.4 is 15.2 Å². The van der Waals surface area contributed by atoms with Gasteiger partial charge in [0.05, 0.1) is 23.8 Å². The highest BCUT2D eigenvalue weighted by atomic mass is 16.6. The molecule has 7 heteroatoms. The summed E-state index contributed by atoms with van der Waals surface area (Å²) in [6.07, 6.45) is 1.59. The highest BCUT2D eigenvalue weighted by Crippen LogP contribution is 2.35. The first-order valence-corrected chi connectivity index (χ1v) is 5.73. The Bertz CT molecular complexity index is 658. The standard InChI is InChI=1S/C13H13N3O4/c1-8-5-10(14)13(15-7-8)20-12-6-9(16(17)18)3-4-11(12)19-2/h3-7H,14H2,1-2H3. The summed E-state index contributed by atoms with van der Waals surface area (Å²) in [6.45, 7) is 1.85. The molecule has 0 unspecified atom stereocenters. The van der Waals surface area contributed by atoms with Crippen LogP contribution in [0, 0.1) is 17.0 Å². The Kier molecular flexibility index (Phi) is 3.69. The molecule has 0 saturated carbocycles. The molecule has 2 rings (SSSR count). The first-order valence-electron chi connectivity index (χ1n) is 5.73. The van der Waals surface area contributed by atoms with Gasteiger partial charge in [-0.3, -0.25) is 10.1 Å². The van der Waals surface area contributed by atoms with Crippen molar-refractivity contribution in [3.05, 3.63) is 46.1 Å². The molecule has 0 amide bonds. The van der Waals surface area contributed by atoms with E-state index in [4.69, 9.17) is 15.2 Å². The molecule has 0 radical (unpaired) electrons. The summed E-state index contributed by atoms with van der Waals surface area (Å²) in [4.78, 5) is 14.3. The number of nitrogens with two attached hydrogens (primary N) is 1. The molecule has 2 N–H and O–H groups in total. The maximum atomic E-state index is 10.8. The van der Waals surface area contributed by atoms with Gasteiger partial charge < -0.3 is 15.2 Å². The Morgan fingerprint density at radius 2 is 2.05 bits per heavy atom. The lowest BCUT2D eigenvalue weighted by molar-refractivity contribution is -0.384. The molecular weight excluding hydrogens is 262 g/mol. The molecule has 1 aromatic carbocycles. The average molecular weight is 275 g/mol. The van der Waals surface area contributed by atoms with Crippen molar-refractivity contribution in [2.75, 3.05) is 12.8 Å². The molecular formula is C13H13N3O4. The fourth-order valence-electron chi connectivity index (χ4n) is 1.63. The van der Waals surface area contributed by atoms with Crippen molar-refractivity contribution < 1.29 is 14.4 Å². The number of hydrogen-bond acceptors (Lipinski definition) is 6. The number of aryl methyl sites for hydroxylation is 1. The molecule has 0 fully saturated rings. The largest absolute Gasteiger partial charge is 0.493 e. The first kappa shape index (κ1) is 13.6. The molecule has 20 heavy (non-hydrogen) atoms. The minimum absolute atomic E-state index is 0.105. The quantitative estimate of drug-likeness (QED) is 0.680. The fourth-order valence-corrected chi connectivity index (χ4v) is 1.63. The smallest absolute Gasteiger partial charge is 0.273 e. The molecule has 0 aliphatic carbocycles. The summed E-state index contributed by atoms with van der Waals surface area (Å²) >= 11 is 0. The Balaban J connectivity index is 2.40. The third-order valence-corrected chi connectivity index (χ3v) is 2.58. The summed E-state index contributed by atoms with van der Waals surface area (Å²) in [6, 6.07) is 5.75. The van der Waals surface area contributed by atoms with Gasteiger partial charge in [0.1, 0.15) is 0 Å². The number of methoxy groups -OCH3 is 1. The topological polar surface area (TPSA) is 101 Å². The number of nitro benzene ring substituents is 1. The molecule has 104 valence electrons. The summed E-state index contributed by atoms with van der Waals surface area (Å²) < 4.78 is 10.6. The molecule has 7 nitrogen and oxygen atoms in total. The summed E-state index contributed by atoms with van der Waals surface area (Å²) in [7, 11) is 1.44. The summed E-state index contributed by atoms with van der Waals surface area (Å²) in [5.74, 6) is 0.719. The number of anilines is 1. The van der Waals surface area contributed by atoms with Crippen LogP contribution in [-0.2, 0) is 0 Å². The number of aromatic nitrogens is 1. The highest BCUT2D eigenvalue weighted by Gasteiger charge is 2.14. The predicted octanol–water partition coefficient (Wildman–Crippen LogP) is 2.68. The number of nitro groups is 1. The minimum atomic E-state index is -0.516. The van der Waals surface area contributed by atoms with E-state index in [1.165, 1.54) is 25.3 Å². The summed E-state index contributed by atoms with van der Waals surface area (Å²) in [5, 5.41) is 10.8. The van der Waals surface area contributed by atoms with Gasteiger partial charge in [-0.05, 0) is 24.6 Å². The molecule has 1 aromatic heterocycles. The van der Waals surface area contributed by atoms with Gasteiger partial charge in [0.25, 0.3) is 5.69 Å². The molecule has 0 aliphatic heterocycles. The zero-order valence-electron chi connectivity index (χ0n) is 11.0. The number of nitrogen functional groups attached to an aromatic ring is 1. The average Bonchev–Trinajstić information content (AvgIpc) is 2.41. The lowest BCUT2D eigenvalue weighted by Gasteiger charge is -2.11. The summed E-state index contributed by atoms with van der Waals surface area (Å²) in [5.41, 5.74) is 6.93. The fraction of sp³-hybridized carbons (Fsp3) is 0.154. The van der Waals surface area contributed by atoms with Crippen LogP contribution in [-0.4, -0.2) is 17.0 Å². The van der Waals surface area contributed by atoms with Crippen molar-refractivity contribution in [1.29, 1.82) is 0 Å². The highest BCUT2D eigenvalue weighted by molar-refractivity contribution is 5.54. The lowest BCUT2D eigenvalue weighted by Crippen LogP contribution is -1.98. The number of ether oxygens (including phenoxy) is 2. The van der Waals surface area contributed by atoms with E-state index in [1.54, 1.807) is 12.3 Å². The van der Waals surface area contributed by atoms with Gasteiger partial charge in [0.15, 0.2) is 11.5 Å². The molecule has 2 aromatic rings. The Hall–Kier alpha value is -2.83. The van der Waals surface area contributed by atoms with Crippen LogP contribution in [0.15, 0.2) is 30.5 Å². The van der Waals surface area contributed by atoms with E-state index in [0.717, 1.165) is 5.56 Å². The van der Waals surface area contributed by atoms with Crippen LogP contribution in [0.1, 0.15) is 5.56 Å². The third kappa shape index (κ3) is 2.77. The molecule has 0 saturated heterocycles. The Morgan fingerprint density at radius 3 is 2.65 bits per heavy atom. The third-order valence-electron chi connectivity index (χ3n) is 2.58. The Labute approximate surface area is 115 Å². The minimum Gasteiger partial charge on any atom is -0.493 e. The van der Waals surface area contributed by atoms with Crippen LogP contribution >= 0.6 is 0 Å². The van der Waals surface area contributed by atoms with Crippen molar-refractivity contribution in [2.24, 2.45) is 0 Å². The molecule has 1 heterocycles. The van der Waals surface area contributed by atoms with Crippen LogP contribution in [0.2, 0.25) is 0 Å². The van der Waals surface area contributed by atoms with E-state index in [-0.39, 0.29) is 17.3 Å². The number of nitrogens with zero attached hydrogens (tertiary/aromatic N) is 2. The number of rotatable bonds is 4. The zero-order chi connectivity index (χ0) is 14.7. The van der Waals surface area contributed by atoms with Crippen LogP contribution in [0.25, 0.3) is 0 Å². The second kappa shape index (κ2) is 5.43. The molecule has 0 spiro atoms. The van der Waals surface area contributed by atoms with Gasteiger partial charge in [-0.1, -0.05) is 0 Å². The van der Waals surface area contributed by atoms with Crippen LogP contribution in [0.3, 0.4) is 0 Å². The van der Waals surface area contributed by atoms with Gasteiger partial charge in [0.2, 0.25) is 5.88 Å². The maximum absolute atomic E-state index is 10.8. The van der Waals surface area contributed by atoms with E-state index in [1.807, 2.05) is 6.92 Å². The van der Waals surface area contributed by atoms with Gasteiger partial charge in [0, 0.05) is 12.3 Å². The monoisotopic (exact) mass is 275 g/mol. The zero-order valence-corrected chi connectivity index (χ0v) is 11.0. The number of non-ortho nitro benzene ring substituents is 1. The second-order valence-electron chi connectivity index (χ2n) is 4.10. The van der Waals surface area contributed by atoms with Crippen molar-refractivity contribution >= 4 is 11.4 Å². The van der Waals surface area contributed by atoms with E-state index < -0.39 is 4.92 Å². The van der Waals surface area contributed by atoms with Crippen molar-refractivity contribution in [3.8, 4) is 17.4 Å². The predicted molar refractivity (Wildman–Crippen MR) is 73.1 cm³/mol. The number of benzene rings is 1. The SMILES string of the molecule is COc1ccc([N+](=O)[O-])cc1Oc1ncc(C)cc1N. The van der Waals surface area contributed by atoms with E-state index >= 15 is 0 Å². The van der Waals surface area contributed by atoms with Gasteiger partial charge in [-0.15, -0.1) is 0 Å². The molecule has 0 bridgehead atoms. The molecule has 0 aliphatic rings. The number of hydrogen-bond donors (Lipinski definition) is 1. The lowest BCUT2D eigenvalue weighted by atomic mass is 10.2. The van der Waals surface area contributed by atoms with E-state index in [0.29, 0.717) is 11.4 Å². The van der Waals surface area contributed by atoms with Crippen LogP contribution in [0.4, 0.5) is 11.4 Å². The van der Waals surface area contributed by atoms with Gasteiger partial charge in [-0.25, -0.2) is 4.98 Å². The van der Waals surface area contributed by atoms with Gasteiger partial charge in [-0.2, -0.15) is 0 Å². The van der Waals surface area contributed by atoms with Crippen LogP contribution in [0.5, 0.6) is 17.4 Å². The van der Waals surface area contributed by atoms with E-state index in [9.17, 15) is 10.1 Å². The maximum Gasteiger partial charge on any atom is 0.273 e.